The number of ether oxygens (including phenoxy) is 1. The van der Waals surface area contributed by atoms with Crippen LogP contribution in [0, 0.1) is 0 Å². The average Bonchev–Trinajstić information content (AvgIpc) is 2.72. The number of hydroxylamine groups is 1. The second-order valence-electron chi connectivity index (χ2n) is 6.44. The maximum Gasteiger partial charge on any atom is 0.281 e. The summed E-state index contributed by atoms with van der Waals surface area (Å²) in [6.45, 7) is 9.23. The van der Waals surface area contributed by atoms with Gasteiger partial charge in [-0.1, -0.05) is 60.7 Å². The summed E-state index contributed by atoms with van der Waals surface area (Å²) in [6, 6.07) is 8.02. The fourth-order valence-corrected chi connectivity index (χ4v) is 2.56. The van der Waals surface area contributed by atoms with Crippen molar-refractivity contribution >= 4 is 11.7 Å². The summed E-state index contributed by atoms with van der Waals surface area (Å²) in [5, 5.41) is 12.0. The van der Waals surface area contributed by atoms with E-state index in [0.29, 0.717) is 5.76 Å². The Morgan fingerprint density at radius 3 is 2.61 bits per heavy atom. The summed E-state index contributed by atoms with van der Waals surface area (Å²) in [5.74, 6) is 0.0218. The second-order valence-corrected chi connectivity index (χ2v) is 6.44. The maximum atomic E-state index is 11.1. The third kappa shape index (κ3) is 9.90. The van der Waals surface area contributed by atoms with Gasteiger partial charge in [0.25, 0.3) is 5.91 Å². The number of carbonyl (C=O) groups excluding carboxylic acids is 1. The summed E-state index contributed by atoms with van der Waals surface area (Å²) >= 11 is 0. The molecule has 0 aromatic heterocycles. The highest BCUT2D eigenvalue weighted by atomic mass is 16.5. The largest absolute Gasteiger partial charge is 0.483 e. The Labute approximate surface area is 168 Å². The van der Waals surface area contributed by atoms with Crippen molar-refractivity contribution in [3.8, 4) is 0 Å². The Morgan fingerprint density at radius 1 is 1.21 bits per heavy atom. The lowest BCUT2D eigenvalue weighted by Gasteiger charge is -2.10. The fraction of sp³-hybridized carbons (Fsp3) is 0.348. The normalized spacial score (nSPS) is 12.2. The molecule has 1 aromatic carbocycles. The van der Waals surface area contributed by atoms with Gasteiger partial charge in [0.05, 0.1) is 0 Å². The molecular weight excluding hydrogens is 352 g/mol. The molecule has 0 radical (unpaired) electrons. The van der Waals surface area contributed by atoms with E-state index < -0.39 is 5.91 Å². The van der Waals surface area contributed by atoms with Crippen LogP contribution in [-0.2, 0) is 16.1 Å². The van der Waals surface area contributed by atoms with E-state index in [1.54, 1.807) is 17.6 Å². The van der Waals surface area contributed by atoms with Gasteiger partial charge in [0.1, 0.15) is 5.76 Å². The molecule has 1 rings (SSSR count). The molecule has 0 aliphatic carbocycles. The SMILES string of the molecule is C=C/C=C\C=C(/C)CCCCNCc1ccc(/C(=C/C)OCC(=O)NO)cc1. The second kappa shape index (κ2) is 14.4. The van der Waals surface area contributed by atoms with Crippen LogP contribution in [0.3, 0.4) is 0 Å². The Kier molecular flexibility index (Phi) is 12.1. The number of unbranched alkanes of at least 4 members (excludes halogenated alkanes) is 1. The lowest BCUT2D eigenvalue weighted by molar-refractivity contribution is -0.131. The lowest BCUT2D eigenvalue weighted by Crippen LogP contribution is -2.23. The van der Waals surface area contributed by atoms with Crippen molar-refractivity contribution in [2.24, 2.45) is 0 Å². The molecule has 152 valence electrons. The van der Waals surface area contributed by atoms with Gasteiger partial charge in [-0.25, -0.2) is 5.48 Å². The smallest absolute Gasteiger partial charge is 0.281 e. The van der Waals surface area contributed by atoms with Crippen molar-refractivity contribution in [1.82, 2.24) is 10.8 Å². The minimum absolute atomic E-state index is 0.224. The molecule has 1 amide bonds. The van der Waals surface area contributed by atoms with Crippen molar-refractivity contribution in [3.63, 3.8) is 0 Å². The van der Waals surface area contributed by atoms with Crippen LogP contribution in [-0.4, -0.2) is 24.3 Å². The van der Waals surface area contributed by atoms with Gasteiger partial charge >= 0.3 is 0 Å². The molecule has 28 heavy (non-hydrogen) atoms. The van der Waals surface area contributed by atoms with Crippen LogP contribution in [0.4, 0.5) is 0 Å². The zero-order chi connectivity index (χ0) is 20.6. The zero-order valence-electron chi connectivity index (χ0n) is 16.9. The molecule has 0 bridgehead atoms. The van der Waals surface area contributed by atoms with Gasteiger partial charge in [-0.15, -0.1) is 0 Å². The first kappa shape index (κ1) is 23.4. The summed E-state index contributed by atoms with van der Waals surface area (Å²) < 4.78 is 5.41. The van der Waals surface area contributed by atoms with Crippen LogP contribution < -0.4 is 10.8 Å². The standard InChI is InChI=1S/C23H32N2O3/c1-4-6-7-10-19(3)11-8-9-16-24-17-20-12-14-21(15-13-20)22(5-2)28-18-23(26)25-27/h4-7,10,12-15,24,27H,1,8-9,11,16-18H2,2-3H3,(H,25,26)/b7-6-,19-10+,22-5-. The monoisotopic (exact) mass is 384 g/mol. The number of allylic oxidation sites excluding steroid dienone is 6. The first-order chi connectivity index (χ1) is 13.6. The summed E-state index contributed by atoms with van der Waals surface area (Å²) in [4.78, 5) is 11.1. The Bertz CT molecular complexity index is 688. The quantitative estimate of drug-likeness (QED) is 0.154. The van der Waals surface area contributed by atoms with Gasteiger partial charge in [0, 0.05) is 12.1 Å². The van der Waals surface area contributed by atoms with Crippen LogP contribution in [0.5, 0.6) is 0 Å². The highest BCUT2D eigenvalue weighted by Gasteiger charge is 2.05. The van der Waals surface area contributed by atoms with Gasteiger partial charge in [-0.05, 0) is 51.3 Å². The van der Waals surface area contributed by atoms with Gasteiger partial charge in [0.15, 0.2) is 6.61 Å². The number of benzene rings is 1. The number of rotatable bonds is 13. The third-order valence-corrected chi connectivity index (χ3v) is 4.12. The Balaban J connectivity index is 2.31. The molecule has 0 aliphatic rings. The van der Waals surface area contributed by atoms with Crippen molar-refractivity contribution < 1.29 is 14.7 Å². The number of hydrogen-bond donors (Lipinski definition) is 3. The molecule has 5 nitrogen and oxygen atoms in total. The number of nitrogens with one attached hydrogen (secondary N) is 2. The molecular formula is C23H32N2O3. The van der Waals surface area contributed by atoms with Crippen molar-refractivity contribution in [2.75, 3.05) is 13.2 Å². The van der Waals surface area contributed by atoms with E-state index in [0.717, 1.165) is 31.5 Å². The van der Waals surface area contributed by atoms with E-state index in [1.165, 1.54) is 17.6 Å². The summed E-state index contributed by atoms with van der Waals surface area (Å²) in [6.07, 6.45) is 13.1. The zero-order valence-corrected chi connectivity index (χ0v) is 16.9. The fourth-order valence-electron chi connectivity index (χ4n) is 2.56. The van der Waals surface area contributed by atoms with Crippen molar-refractivity contribution in [1.29, 1.82) is 0 Å². The minimum Gasteiger partial charge on any atom is -0.483 e. The van der Waals surface area contributed by atoms with Gasteiger partial charge in [-0.3, -0.25) is 10.0 Å². The highest BCUT2D eigenvalue weighted by Crippen LogP contribution is 2.16. The molecule has 0 fully saturated rings. The maximum absolute atomic E-state index is 11.1. The highest BCUT2D eigenvalue weighted by molar-refractivity contribution is 5.77. The van der Waals surface area contributed by atoms with Gasteiger partial charge in [0.2, 0.25) is 0 Å². The minimum atomic E-state index is -0.584. The molecule has 0 spiro atoms. The third-order valence-electron chi connectivity index (χ3n) is 4.12. The molecule has 0 atom stereocenters. The molecule has 0 saturated carbocycles. The predicted octanol–water partition coefficient (Wildman–Crippen LogP) is 4.52. The van der Waals surface area contributed by atoms with Gasteiger partial charge in [-0.2, -0.15) is 0 Å². The molecule has 0 saturated heterocycles. The van der Waals surface area contributed by atoms with Crippen LogP contribution in [0.15, 0.2) is 66.8 Å². The Morgan fingerprint density at radius 2 is 1.96 bits per heavy atom. The molecule has 0 unspecified atom stereocenters. The summed E-state index contributed by atoms with van der Waals surface area (Å²) in [7, 11) is 0. The molecule has 5 heteroatoms. The molecule has 1 aromatic rings. The number of amides is 1. The van der Waals surface area contributed by atoms with E-state index in [2.05, 4.69) is 24.9 Å². The van der Waals surface area contributed by atoms with E-state index in [1.807, 2.05) is 43.3 Å². The molecule has 0 aliphatic heterocycles. The molecule has 0 heterocycles. The Hall–Kier alpha value is -2.63. The lowest BCUT2D eigenvalue weighted by atomic mass is 10.1. The number of hydrogen-bond acceptors (Lipinski definition) is 4. The van der Waals surface area contributed by atoms with Crippen LogP contribution in [0.25, 0.3) is 5.76 Å². The number of carbonyl (C=O) groups is 1. The first-order valence-electron chi connectivity index (χ1n) is 9.57. The van der Waals surface area contributed by atoms with Crippen molar-refractivity contribution in [2.45, 2.75) is 39.7 Å². The van der Waals surface area contributed by atoms with Crippen LogP contribution in [0.1, 0.15) is 44.2 Å². The van der Waals surface area contributed by atoms with Gasteiger partial charge < -0.3 is 10.1 Å². The van der Waals surface area contributed by atoms with Crippen LogP contribution in [0.2, 0.25) is 0 Å². The first-order valence-corrected chi connectivity index (χ1v) is 9.57. The van der Waals surface area contributed by atoms with E-state index in [4.69, 9.17) is 9.94 Å². The summed E-state index contributed by atoms with van der Waals surface area (Å²) in [5.41, 5.74) is 5.02. The van der Waals surface area contributed by atoms with Crippen LogP contribution >= 0.6 is 0 Å². The van der Waals surface area contributed by atoms with Crippen molar-refractivity contribution in [3.05, 3.63) is 77.9 Å². The topological polar surface area (TPSA) is 70.6 Å². The average molecular weight is 385 g/mol. The van der Waals surface area contributed by atoms with E-state index in [9.17, 15) is 4.79 Å². The van der Waals surface area contributed by atoms with E-state index >= 15 is 0 Å². The molecule has 3 N–H and O–H groups in total. The predicted molar refractivity (Wildman–Crippen MR) is 115 cm³/mol. The van der Waals surface area contributed by atoms with E-state index in [-0.39, 0.29) is 6.61 Å².